The molecule has 0 atom stereocenters. The van der Waals surface area contributed by atoms with Gasteiger partial charge < -0.3 is 9.84 Å². The first kappa shape index (κ1) is 9.15. The standard InChI is InChI=1S/C7H11NO2/c8-4-3-7-10-6-2-1-5-9/h1-2,9H,3,5-7H2/b2-1-. The fourth-order valence-corrected chi connectivity index (χ4v) is 0.412. The second kappa shape index (κ2) is 8.15. The molecule has 0 heterocycles. The van der Waals surface area contributed by atoms with Crippen LogP contribution in [0.4, 0.5) is 0 Å². The van der Waals surface area contributed by atoms with Crippen LogP contribution in [0.2, 0.25) is 0 Å². The molecule has 0 aliphatic heterocycles. The molecule has 0 saturated heterocycles. The zero-order valence-corrected chi connectivity index (χ0v) is 5.79. The van der Waals surface area contributed by atoms with E-state index in [0.717, 1.165) is 0 Å². The first-order chi connectivity index (χ1) is 4.91. The molecule has 1 N–H and O–H groups in total. The minimum Gasteiger partial charge on any atom is -0.392 e. The van der Waals surface area contributed by atoms with Crippen LogP contribution < -0.4 is 0 Å². The maximum atomic E-state index is 8.27. The Kier molecular flexibility index (Phi) is 7.46. The minimum atomic E-state index is 0.0433. The topological polar surface area (TPSA) is 53.2 Å². The van der Waals surface area contributed by atoms with Gasteiger partial charge in [0, 0.05) is 0 Å². The number of ether oxygens (including phenoxy) is 1. The van der Waals surface area contributed by atoms with Crippen molar-refractivity contribution in [2.75, 3.05) is 19.8 Å². The summed E-state index contributed by atoms with van der Waals surface area (Å²) in [7, 11) is 0. The average molecular weight is 141 g/mol. The lowest BCUT2D eigenvalue weighted by atomic mass is 10.5. The number of hydrogen-bond donors (Lipinski definition) is 1. The predicted molar refractivity (Wildman–Crippen MR) is 37.3 cm³/mol. The quantitative estimate of drug-likeness (QED) is 0.447. The smallest absolute Gasteiger partial charge is 0.0648 e. The van der Waals surface area contributed by atoms with Crippen molar-refractivity contribution >= 4 is 0 Å². The summed E-state index contributed by atoms with van der Waals surface area (Å²) in [6, 6.07) is 1.96. The first-order valence-corrected chi connectivity index (χ1v) is 3.12. The van der Waals surface area contributed by atoms with E-state index in [-0.39, 0.29) is 6.61 Å². The summed E-state index contributed by atoms with van der Waals surface area (Å²) in [6.45, 7) is 0.982. The van der Waals surface area contributed by atoms with Gasteiger partial charge in [-0.25, -0.2) is 0 Å². The highest BCUT2D eigenvalue weighted by Crippen LogP contribution is 1.80. The van der Waals surface area contributed by atoms with Gasteiger partial charge in [0.15, 0.2) is 0 Å². The fraction of sp³-hybridized carbons (Fsp3) is 0.571. The Bertz CT molecular complexity index is 126. The van der Waals surface area contributed by atoms with Gasteiger partial charge in [-0.1, -0.05) is 12.2 Å². The highest BCUT2D eigenvalue weighted by molar-refractivity contribution is 4.80. The molecule has 0 spiro atoms. The Morgan fingerprint density at radius 2 is 2.30 bits per heavy atom. The van der Waals surface area contributed by atoms with Gasteiger partial charge in [-0.05, 0) is 0 Å². The SMILES string of the molecule is N#CCCOC/C=C\CO. The molecular formula is C7H11NO2. The first-order valence-electron chi connectivity index (χ1n) is 3.12. The maximum absolute atomic E-state index is 8.27. The summed E-state index contributed by atoms with van der Waals surface area (Å²) < 4.78 is 4.96. The van der Waals surface area contributed by atoms with Gasteiger partial charge in [0.1, 0.15) is 0 Å². The van der Waals surface area contributed by atoms with E-state index in [1.54, 1.807) is 12.2 Å². The molecule has 0 rings (SSSR count). The van der Waals surface area contributed by atoms with Crippen LogP contribution in [0.25, 0.3) is 0 Å². The summed E-state index contributed by atoms with van der Waals surface area (Å²) in [4.78, 5) is 0. The number of aliphatic hydroxyl groups excluding tert-OH is 1. The van der Waals surface area contributed by atoms with Gasteiger partial charge in [-0.15, -0.1) is 0 Å². The maximum Gasteiger partial charge on any atom is 0.0648 e. The van der Waals surface area contributed by atoms with Crippen LogP contribution in [0.1, 0.15) is 6.42 Å². The normalized spacial score (nSPS) is 10.0. The molecule has 56 valence electrons. The summed E-state index contributed by atoms with van der Waals surface area (Å²) in [5.41, 5.74) is 0. The second-order valence-electron chi connectivity index (χ2n) is 1.64. The van der Waals surface area contributed by atoms with Crippen molar-refractivity contribution in [3.8, 4) is 6.07 Å². The summed E-state index contributed by atoms with van der Waals surface area (Å²) >= 11 is 0. The zero-order chi connectivity index (χ0) is 7.66. The van der Waals surface area contributed by atoms with Crippen molar-refractivity contribution in [2.24, 2.45) is 0 Å². The molecule has 0 aromatic heterocycles. The molecule has 3 heteroatoms. The molecule has 0 aromatic carbocycles. The van der Waals surface area contributed by atoms with Gasteiger partial charge in [0.2, 0.25) is 0 Å². The zero-order valence-electron chi connectivity index (χ0n) is 5.79. The minimum absolute atomic E-state index is 0.0433. The number of aliphatic hydroxyl groups is 1. The molecule has 0 fully saturated rings. The van der Waals surface area contributed by atoms with Crippen molar-refractivity contribution in [1.82, 2.24) is 0 Å². The highest BCUT2D eigenvalue weighted by atomic mass is 16.5. The monoisotopic (exact) mass is 141 g/mol. The molecule has 0 aromatic rings. The third-order valence-corrected chi connectivity index (χ3v) is 0.844. The molecule has 0 bridgehead atoms. The van der Waals surface area contributed by atoms with E-state index >= 15 is 0 Å². The van der Waals surface area contributed by atoms with E-state index in [4.69, 9.17) is 15.1 Å². The Labute approximate surface area is 60.5 Å². The molecule has 0 unspecified atom stereocenters. The van der Waals surface area contributed by atoms with E-state index in [2.05, 4.69) is 0 Å². The lowest BCUT2D eigenvalue weighted by Gasteiger charge is -1.93. The van der Waals surface area contributed by atoms with Gasteiger partial charge in [0.05, 0.1) is 32.3 Å². The van der Waals surface area contributed by atoms with Crippen molar-refractivity contribution in [3.05, 3.63) is 12.2 Å². The molecule has 0 aliphatic rings. The number of hydrogen-bond acceptors (Lipinski definition) is 3. The molecule has 0 saturated carbocycles. The lowest BCUT2D eigenvalue weighted by Crippen LogP contribution is -1.92. The third kappa shape index (κ3) is 7.15. The van der Waals surface area contributed by atoms with Crippen LogP contribution in [0.15, 0.2) is 12.2 Å². The Hall–Kier alpha value is -0.850. The summed E-state index contributed by atoms with van der Waals surface area (Å²) in [6.07, 6.45) is 3.75. The van der Waals surface area contributed by atoms with Crippen molar-refractivity contribution in [2.45, 2.75) is 6.42 Å². The van der Waals surface area contributed by atoms with E-state index in [1.165, 1.54) is 0 Å². The Morgan fingerprint density at radius 3 is 2.90 bits per heavy atom. The van der Waals surface area contributed by atoms with Crippen LogP contribution in [-0.4, -0.2) is 24.9 Å². The fourth-order valence-electron chi connectivity index (χ4n) is 0.412. The van der Waals surface area contributed by atoms with E-state index in [9.17, 15) is 0 Å². The number of nitriles is 1. The van der Waals surface area contributed by atoms with Crippen LogP contribution >= 0.6 is 0 Å². The third-order valence-electron chi connectivity index (χ3n) is 0.844. The molecule has 10 heavy (non-hydrogen) atoms. The second-order valence-corrected chi connectivity index (χ2v) is 1.64. The summed E-state index contributed by atoms with van der Waals surface area (Å²) in [5.74, 6) is 0. The van der Waals surface area contributed by atoms with Gasteiger partial charge in [-0.3, -0.25) is 0 Å². The molecular weight excluding hydrogens is 130 g/mol. The van der Waals surface area contributed by atoms with Gasteiger partial charge in [0.25, 0.3) is 0 Å². The van der Waals surface area contributed by atoms with Crippen molar-refractivity contribution < 1.29 is 9.84 Å². The molecule has 0 aliphatic carbocycles. The highest BCUT2D eigenvalue weighted by Gasteiger charge is 1.81. The molecule has 3 nitrogen and oxygen atoms in total. The largest absolute Gasteiger partial charge is 0.392 e. The lowest BCUT2D eigenvalue weighted by molar-refractivity contribution is 0.168. The van der Waals surface area contributed by atoms with Crippen LogP contribution in [0.5, 0.6) is 0 Å². The van der Waals surface area contributed by atoms with Crippen LogP contribution in [0, 0.1) is 11.3 Å². The van der Waals surface area contributed by atoms with Gasteiger partial charge >= 0.3 is 0 Å². The van der Waals surface area contributed by atoms with Crippen LogP contribution in [-0.2, 0) is 4.74 Å². The number of nitrogens with zero attached hydrogens (tertiary/aromatic N) is 1. The number of rotatable bonds is 5. The van der Waals surface area contributed by atoms with E-state index in [0.29, 0.717) is 19.6 Å². The van der Waals surface area contributed by atoms with Crippen molar-refractivity contribution in [3.63, 3.8) is 0 Å². The van der Waals surface area contributed by atoms with E-state index in [1.807, 2.05) is 6.07 Å². The molecule has 0 radical (unpaired) electrons. The molecule has 0 amide bonds. The predicted octanol–water partition coefficient (Wildman–Crippen LogP) is 0.465. The van der Waals surface area contributed by atoms with Crippen LogP contribution in [0.3, 0.4) is 0 Å². The van der Waals surface area contributed by atoms with E-state index < -0.39 is 0 Å². The Morgan fingerprint density at radius 1 is 1.50 bits per heavy atom. The van der Waals surface area contributed by atoms with Gasteiger partial charge in [-0.2, -0.15) is 5.26 Å². The average Bonchev–Trinajstić information content (AvgIpc) is 1.97. The van der Waals surface area contributed by atoms with Crippen molar-refractivity contribution in [1.29, 1.82) is 5.26 Å². The Balaban J connectivity index is 2.92. The summed E-state index contributed by atoms with van der Waals surface area (Å²) in [5, 5.41) is 16.4.